The van der Waals surface area contributed by atoms with Crippen molar-refractivity contribution in [3.63, 3.8) is 0 Å². The summed E-state index contributed by atoms with van der Waals surface area (Å²) < 4.78 is 13.8. The van der Waals surface area contributed by atoms with Crippen LogP contribution in [0, 0.1) is 11.7 Å². The number of benzene rings is 1. The van der Waals surface area contributed by atoms with E-state index < -0.39 is 0 Å². The molecule has 17 heavy (non-hydrogen) atoms. The summed E-state index contributed by atoms with van der Waals surface area (Å²) in [5, 5.41) is 9.26. The fourth-order valence-electron chi connectivity index (χ4n) is 2.14. The van der Waals surface area contributed by atoms with Crippen molar-refractivity contribution < 1.29 is 9.50 Å². The second-order valence-corrected chi connectivity index (χ2v) is 5.00. The Morgan fingerprint density at radius 3 is 2.47 bits per heavy atom. The van der Waals surface area contributed by atoms with Crippen LogP contribution in [0.2, 0.25) is 0 Å². The summed E-state index contributed by atoms with van der Waals surface area (Å²) >= 11 is 0. The number of hydrogen-bond donors (Lipinski definition) is 1. The molecule has 0 bridgehead atoms. The molecule has 0 aliphatic rings. The van der Waals surface area contributed by atoms with Crippen molar-refractivity contribution in [1.29, 1.82) is 0 Å². The van der Waals surface area contributed by atoms with E-state index in [-0.39, 0.29) is 18.5 Å². The summed E-state index contributed by atoms with van der Waals surface area (Å²) in [5.41, 5.74) is 1.16. The van der Waals surface area contributed by atoms with Crippen LogP contribution in [0.5, 0.6) is 0 Å². The first-order chi connectivity index (χ1) is 7.97. The normalized spacial score (nSPS) is 12.9. The van der Waals surface area contributed by atoms with Crippen molar-refractivity contribution in [1.82, 2.24) is 0 Å². The average Bonchev–Trinajstić information content (AvgIpc) is 2.26. The van der Waals surface area contributed by atoms with Gasteiger partial charge >= 0.3 is 0 Å². The Labute approximate surface area is 103 Å². The lowest BCUT2D eigenvalue weighted by atomic mass is 10.0. The van der Waals surface area contributed by atoms with Gasteiger partial charge < -0.3 is 10.0 Å². The van der Waals surface area contributed by atoms with Crippen LogP contribution >= 0.6 is 0 Å². The Balaban J connectivity index is 2.98. The number of nitrogens with zero attached hydrogens (tertiary/aromatic N) is 1. The highest BCUT2D eigenvalue weighted by atomic mass is 19.1. The van der Waals surface area contributed by atoms with Gasteiger partial charge in [0.25, 0.3) is 0 Å². The van der Waals surface area contributed by atoms with E-state index in [4.69, 9.17) is 0 Å². The number of aliphatic hydroxyl groups is 1. The van der Waals surface area contributed by atoms with Crippen LogP contribution < -0.4 is 4.90 Å². The molecule has 1 unspecified atom stereocenters. The van der Waals surface area contributed by atoms with Crippen molar-refractivity contribution in [3.05, 3.63) is 29.6 Å². The molecule has 0 saturated heterocycles. The third-order valence-corrected chi connectivity index (χ3v) is 3.07. The first-order valence-electron chi connectivity index (χ1n) is 6.08. The topological polar surface area (TPSA) is 23.5 Å². The molecule has 1 N–H and O–H groups in total. The standard InChI is InChI=1S/C14H22FNO/c1-10(2)8-11(3)16(4)14-12(9-17)6-5-7-13(14)15/h5-7,10-11,17H,8-9H2,1-4H3. The lowest BCUT2D eigenvalue weighted by Crippen LogP contribution is -2.31. The van der Waals surface area contributed by atoms with E-state index in [1.165, 1.54) is 6.07 Å². The van der Waals surface area contributed by atoms with E-state index in [2.05, 4.69) is 20.8 Å². The lowest BCUT2D eigenvalue weighted by molar-refractivity contribution is 0.281. The Bertz CT molecular complexity index is 365. The molecule has 0 aromatic heterocycles. The third kappa shape index (κ3) is 3.43. The van der Waals surface area contributed by atoms with Crippen LogP contribution in [0.4, 0.5) is 10.1 Å². The molecule has 96 valence electrons. The highest BCUT2D eigenvalue weighted by molar-refractivity contribution is 5.54. The summed E-state index contributed by atoms with van der Waals surface area (Å²) in [4.78, 5) is 1.92. The van der Waals surface area contributed by atoms with Crippen LogP contribution in [0.3, 0.4) is 0 Å². The van der Waals surface area contributed by atoms with Gasteiger partial charge in [-0.3, -0.25) is 0 Å². The molecule has 0 aliphatic carbocycles. The van der Waals surface area contributed by atoms with Crippen molar-refractivity contribution in [2.45, 2.75) is 39.8 Å². The van der Waals surface area contributed by atoms with E-state index in [1.807, 2.05) is 11.9 Å². The molecule has 1 rings (SSSR count). The smallest absolute Gasteiger partial charge is 0.146 e. The van der Waals surface area contributed by atoms with Crippen molar-refractivity contribution in [2.24, 2.45) is 5.92 Å². The molecule has 1 aromatic carbocycles. The van der Waals surface area contributed by atoms with Crippen molar-refractivity contribution in [3.8, 4) is 0 Å². The van der Waals surface area contributed by atoms with Gasteiger partial charge in [0.1, 0.15) is 5.82 Å². The number of rotatable bonds is 5. The first-order valence-corrected chi connectivity index (χ1v) is 6.08. The molecule has 1 atom stereocenters. The molecule has 2 nitrogen and oxygen atoms in total. The van der Waals surface area contributed by atoms with E-state index in [0.717, 1.165) is 6.42 Å². The zero-order chi connectivity index (χ0) is 13.0. The highest BCUT2D eigenvalue weighted by Gasteiger charge is 2.17. The maximum atomic E-state index is 13.8. The molecule has 0 amide bonds. The largest absolute Gasteiger partial charge is 0.392 e. The van der Waals surface area contributed by atoms with Gasteiger partial charge in [-0.15, -0.1) is 0 Å². The minimum Gasteiger partial charge on any atom is -0.392 e. The van der Waals surface area contributed by atoms with Crippen LogP contribution in [0.1, 0.15) is 32.8 Å². The Morgan fingerprint density at radius 2 is 1.94 bits per heavy atom. The van der Waals surface area contributed by atoms with Crippen LogP contribution in [0.25, 0.3) is 0 Å². The van der Waals surface area contributed by atoms with Gasteiger partial charge in [0.15, 0.2) is 0 Å². The molecule has 0 saturated carbocycles. The average molecular weight is 239 g/mol. The SMILES string of the molecule is CC(C)CC(C)N(C)c1c(F)cccc1CO. The third-order valence-electron chi connectivity index (χ3n) is 3.07. The summed E-state index contributed by atoms with van der Waals surface area (Å²) in [5.74, 6) is 0.298. The van der Waals surface area contributed by atoms with E-state index >= 15 is 0 Å². The maximum Gasteiger partial charge on any atom is 0.146 e. The van der Waals surface area contributed by atoms with Crippen LogP contribution in [-0.2, 0) is 6.61 Å². The molecule has 3 heteroatoms. The zero-order valence-electron chi connectivity index (χ0n) is 11.1. The van der Waals surface area contributed by atoms with E-state index in [9.17, 15) is 9.50 Å². The molecule has 0 spiro atoms. The number of halogens is 1. The highest BCUT2D eigenvalue weighted by Crippen LogP contribution is 2.26. The van der Waals surface area contributed by atoms with Gasteiger partial charge in [-0.1, -0.05) is 26.0 Å². The summed E-state index contributed by atoms with van der Waals surface area (Å²) in [6.07, 6.45) is 0.996. The van der Waals surface area contributed by atoms with E-state index in [0.29, 0.717) is 17.2 Å². The van der Waals surface area contributed by atoms with E-state index in [1.54, 1.807) is 12.1 Å². The predicted molar refractivity (Wildman–Crippen MR) is 69.6 cm³/mol. The van der Waals surface area contributed by atoms with Gasteiger partial charge in [-0.05, 0) is 25.3 Å². The fraction of sp³-hybridized carbons (Fsp3) is 0.571. The first kappa shape index (κ1) is 14.0. The molecule has 0 aliphatic heterocycles. The van der Waals surface area contributed by atoms with Crippen molar-refractivity contribution >= 4 is 5.69 Å². The number of aliphatic hydroxyl groups excluding tert-OH is 1. The van der Waals surface area contributed by atoms with Gasteiger partial charge in [-0.2, -0.15) is 0 Å². The van der Waals surface area contributed by atoms with Gasteiger partial charge in [0.05, 0.1) is 12.3 Å². The number of para-hydroxylation sites is 1. The Hall–Kier alpha value is -1.09. The molecular weight excluding hydrogens is 217 g/mol. The quantitative estimate of drug-likeness (QED) is 0.853. The molecule has 0 radical (unpaired) electrons. The van der Waals surface area contributed by atoms with Crippen molar-refractivity contribution in [2.75, 3.05) is 11.9 Å². The Kier molecular flexibility index (Phi) is 4.94. The lowest BCUT2D eigenvalue weighted by Gasteiger charge is -2.30. The van der Waals surface area contributed by atoms with Gasteiger partial charge in [0, 0.05) is 18.7 Å². The molecular formula is C14H22FNO. The zero-order valence-corrected chi connectivity index (χ0v) is 11.1. The van der Waals surface area contributed by atoms with Crippen LogP contribution in [0.15, 0.2) is 18.2 Å². The summed E-state index contributed by atoms with van der Waals surface area (Å²) in [6, 6.07) is 5.08. The van der Waals surface area contributed by atoms with Gasteiger partial charge in [-0.25, -0.2) is 4.39 Å². The van der Waals surface area contributed by atoms with Gasteiger partial charge in [0.2, 0.25) is 0 Å². The molecule has 0 heterocycles. The predicted octanol–water partition coefficient (Wildman–Crippen LogP) is 3.19. The summed E-state index contributed by atoms with van der Waals surface area (Å²) in [6.45, 7) is 6.25. The molecule has 0 fully saturated rings. The second kappa shape index (κ2) is 6.01. The number of anilines is 1. The maximum absolute atomic E-state index is 13.8. The van der Waals surface area contributed by atoms with Crippen LogP contribution in [-0.4, -0.2) is 18.2 Å². The molecule has 1 aromatic rings. The minimum atomic E-state index is -0.269. The Morgan fingerprint density at radius 1 is 1.29 bits per heavy atom. The summed E-state index contributed by atoms with van der Waals surface area (Å²) in [7, 11) is 1.88. The second-order valence-electron chi connectivity index (χ2n) is 5.00. The number of hydrogen-bond acceptors (Lipinski definition) is 2. The monoisotopic (exact) mass is 239 g/mol. The fourth-order valence-corrected chi connectivity index (χ4v) is 2.14. The minimum absolute atomic E-state index is 0.133.